The van der Waals surface area contributed by atoms with Crippen LogP contribution in [0.4, 0.5) is 0 Å². The van der Waals surface area contributed by atoms with E-state index in [1.807, 2.05) is 0 Å². The third kappa shape index (κ3) is 4.33. The summed E-state index contributed by atoms with van der Waals surface area (Å²) in [6.07, 6.45) is 3.74. The first kappa shape index (κ1) is 15.5. The first-order chi connectivity index (χ1) is 9.68. The quantitative estimate of drug-likeness (QED) is 0.742. The summed E-state index contributed by atoms with van der Waals surface area (Å²) in [4.78, 5) is 0. The Balaban J connectivity index is 1.52. The van der Waals surface area contributed by atoms with Crippen molar-refractivity contribution >= 4 is 0 Å². The van der Waals surface area contributed by atoms with Gasteiger partial charge in [0.15, 0.2) is 0 Å². The van der Waals surface area contributed by atoms with Crippen LogP contribution in [0, 0.1) is 13.8 Å². The van der Waals surface area contributed by atoms with Gasteiger partial charge >= 0.3 is 0 Å². The van der Waals surface area contributed by atoms with Gasteiger partial charge in [0.05, 0.1) is 12.7 Å². The second kappa shape index (κ2) is 7.81. The Morgan fingerprint density at radius 3 is 2.95 bits per heavy atom. The first-order valence-electron chi connectivity index (χ1n) is 7.70. The van der Waals surface area contributed by atoms with E-state index in [0.717, 1.165) is 45.8 Å². The van der Waals surface area contributed by atoms with Crippen LogP contribution in [0.25, 0.3) is 0 Å². The van der Waals surface area contributed by atoms with Gasteiger partial charge in [-0.15, -0.1) is 0 Å². The van der Waals surface area contributed by atoms with Crippen molar-refractivity contribution in [3.8, 4) is 0 Å². The molecule has 0 radical (unpaired) electrons. The van der Waals surface area contributed by atoms with E-state index in [9.17, 15) is 0 Å². The molecule has 0 amide bonds. The molecular weight excluding hydrogens is 252 g/mol. The lowest BCUT2D eigenvalue weighted by Gasteiger charge is -2.10. The van der Waals surface area contributed by atoms with Crippen molar-refractivity contribution in [3.05, 3.63) is 23.0 Å². The van der Waals surface area contributed by atoms with Crippen molar-refractivity contribution in [2.24, 2.45) is 7.05 Å². The van der Waals surface area contributed by atoms with E-state index in [0.29, 0.717) is 6.10 Å². The fourth-order valence-electron chi connectivity index (χ4n) is 2.63. The number of aryl methyl sites for hydroxylation is 1. The van der Waals surface area contributed by atoms with E-state index >= 15 is 0 Å². The van der Waals surface area contributed by atoms with Crippen LogP contribution in [0.3, 0.4) is 0 Å². The highest BCUT2D eigenvalue weighted by Crippen LogP contribution is 2.13. The smallest absolute Gasteiger partial charge is 0.0809 e. The number of hydrogen-bond acceptors (Lipinski definition) is 3. The van der Waals surface area contributed by atoms with E-state index in [2.05, 4.69) is 36.8 Å². The van der Waals surface area contributed by atoms with Crippen molar-refractivity contribution in [1.82, 2.24) is 9.88 Å². The Hall–Kier alpha value is -0.840. The number of aromatic nitrogens is 1. The average molecular weight is 280 g/mol. The van der Waals surface area contributed by atoms with Crippen LogP contribution in [0.5, 0.6) is 0 Å². The Morgan fingerprint density at radius 1 is 1.45 bits per heavy atom. The minimum atomic E-state index is 0.345. The number of rotatable bonds is 8. The molecule has 0 saturated carbocycles. The number of nitrogens with zero attached hydrogens (tertiary/aromatic N) is 1. The summed E-state index contributed by atoms with van der Waals surface area (Å²) in [5.41, 5.74) is 4.06. The van der Waals surface area contributed by atoms with E-state index in [1.54, 1.807) is 0 Å². The van der Waals surface area contributed by atoms with Crippen LogP contribution in [0.15, 0.2) is 6.07 Å². The zero-order valence-corrected chi connectivity index (χ0v) is 13.1. The van der Waals surface area contributed by atoms with Crippen molar-refractivity contribution in [1.29, 1.82) is 0 Å². The summed E-state index contributed by atoms with van der Waals surface area (Å²) in [7, 11) is 2.12. The van der Waals surface area contributed by atoms with E-state index in [-0.39, 0.29) is 0 Å². The summed E-state index contributed by atoms with van der Waals surface area (Å²) >= 11 is 0. The minimum absolute atomic E-state index is 0.345. The van der Waals surface area contributed by atoms with Crippen molar-refractivity contribution in [2.75, 3.05) is 26.4 Å². The maximum absolute atomic E-state index is 5.65. The zero-order chi connectivity index (χ0) is 14.4. The molecule has 1 atom stereocenters. The highest BCUT2D eigenvalue weighted by molar-refractivity contribution is 5.26. The number of hydrogen-bond donors (Lipinski definition) is 1. The average Bonchev–Trinajstić information content (AvgIpc) is 3.03. The summed E-state index contributed by atoms with van der Waals surface area (Å²) < 4.78 is 13.4. The maximum Gasteiger partial charge on any atom is 0.0809 e. The predicted octanol–water partition coefficient (Wildman–Crippen LogP) is 2.32. The third-order valence-electron chi connectivity index (χ3n) is 4.17. The van der Waals surface area contributed by atoms with Gasteiger partial charge in [-0.3, -0.25) is 0 Å². The number of nitrogens with one attached hydrogen (secondary N) is 1. The molecule has 1 fully saturated rings. The van der Waals surface area contributed by atoms with Gasteiger partial charge in [0.25, 0.3) is 0 Å². The lowest BCUT2D eigenvalue weighted by Crippen LogP contribution is -2.19. The first-order valence-corrected chi connectivity index (χ1v) is 7.70. The van der Waals surface area contributed by atoms with Crippen LogP contribution in [0.2, 0.25) is 0 Å². The van der Waals surface area contributed by atoms with Crippen LogP contribution in [-0.4, -0.2) is 37.0 Å². The Bertz CT molecular complexity index is 409. The topological polar surface area (TPSA) is 35.4 Å². The van der Waals surface area contributed by atoms with E-state index in [4.69, 9.17) is 9.47 Å². The van der Waals surface area contributed by atoms with Gasteiger partial charge in [-0.1, -0.05) is 0 Å². The molecule has 0 spiro atoms. The minimum Gasteiger partial charge on any atom is -0.379 e. The molecule has 0 aromatic carbocycles. The molecule has 1 N–H and O–H groups in total. The molecule has 20 heavy (non-hydrogen) atoms. The summed E-state index contributed by atoms with van der Waals surface area (Å²) in [5.74, 6) is 0. The summed E-state index contributed by atoms with van der Waals surface area (Å²) in [6.45, 7) is 8.75. The Labute approximate surface area is 122 Å². The van der Waals surface area contributed by atoms with Gasteiger partial charge in [0.1, 0.15) is 0 Å². The lowest BCUT2D eigenvalue weighted by atomic mass is 10.2. The molecule has 1 aliphatic rings. The SMILES string of the molecule is Cc1cc(CNCCCOCC2CCCO2)c(C)n1C. The van der Waals surface area contributed by atoms with Crippen LogP contribution < -0.4 is 5.32 Å². The van der Waals surface area contributed by atoms with Crippen molar-refractivity contribution in [3.63, 3.8) is 0 Å². The van der Waals surface area contributed by atoms with Gasteiger partial charge in [-0.25, -0.2) is 0 Å². The highest BCUT2D eigenvalue weighted by Gasteiger charge is 2.14. The van der Waals surface area contributed by atoms with Gasteiger partial charge in [-0.05, 0) is 51.3 Å². The fourth-order valence-corrected chi connectivity index (χ4v) is 2.63. The van der Waals surface area contributed by atoms with Gasteiger partial charge in [0.2, 0.25) is 0 Å². The molecule has 1 saturated heterocycles. The number of ether oxygens (including phenoxy) is 2. The normalized spacial score (nSPS) is 18.9. The second-order valence-corrected chi connectivity index (χ2v) is 5.70. The molecular formula is C16H28N2O2. The zero-order valence-electron chi connectivity index (χ0n) is 13.1. The molecule has 1 aliphatic heterocycles. The lowest BCUT2D eigenvalue weighted by molar-refractivity contribution is 0.0166. The van der Waals surface area contributed by atoms with Crippen LogP contribution in [-0.2, 0) is 23.1 Å². The molecule has 4 heteroatoms. The molecule has 4 nitrogen and oxygen atoms in total. The molecule has 114 valence electrons. The molecule has 0 aliphatic carbocycles. The van der Waals surface area contributed by atoms with Crippen molar-refractivity contribution < 1.29 is 9.47 Å². The Morgan fingerprint density at radius 2 is 2.30 bits per heavy atom. The van der Waals surface area contributed by atoms with Gasteiger partial charge in [0, 0.05) is 38.2 Å². The van der Waals surface area contributed by atoms with E-state index < -0.39 is 0 Å². The highest BCUT2D eigenvalue weighted by atomic mass is 16.5. The fraction of sp³-hybridized carbons (Fsp3) is 0.750. The standard InChI is InChI=1S/C16H28N2O2/c1-13-10-15(14(2)18(13)3)11-17-7-5-8-19-12-16-6-4-9-20-16/h10,16-17H,4-9,11-12H2,1-3H3. The molecule has 2 rings (SSSR count). The van der Waals surface area contributed by atoms with Gasteiger partial charge in [-0.2, -0.15) is 0 Å². The second-order valence-electron chi connectivity index (χ2n) is 5.70. The van der Waals surface area contributed by atoms with Gasteiger partial charge < -0.3 is 19.4 Å². The summed E-state index contributed by atoms with van der Waals surface area (Å²) in [6, 6.07) is 2.26. The van der Waals surface area contributed by atoms with Crippen LogP contribution >= 0.6 is 0 Å². The molecule has 1 unspecified atom stereocenters. The third-order valence-corrected chi connectivity index (χ3v) is 4.17. The van der Waals surface area contributed by atoms with Crippen LogP contribution in [0.1, 0.15) is 36.2 Å². The predicted molar refractivity (Wildman–Crippen MR) is 81.0 cm³/mol. The molecule has 1 aromatic rings. The van der Waals surface area contributed by atoms with Crippen molar-refractivity contribution in [2.45, 2.75) is 45.8 Å². The monoisotopic (exact) mass is 280 g/mol. The Kier molecular flexibility index (Phi) is 6.07. The molecule has 1 aromatic heterocycles. The largest absolute Gasteiger partial charge is 0.379 e. The molecule has 2 heterocycles. The molecule has 0 bridgehead atoms. The summed E-state index contributed by atoms with van der Waals surface area (Å²) in [5, 5.41) is 3.49. The van der Waals surface area contributed by atoms with E-state index in [1.165, 1.54) is 23.4 Å². The maximum atomic E-state index is 5.65.